The van der Waals surface area contributed by atoms with Gasteiger partial charge in [-0.05, 0) is 25.5 Å². The summed E-state index contributed by atoms with van der Waals surface area (Å²) in [7, 11) is 0. The molecule has 2 atom stereocenters. The van der Waals surface area contributed by atoms with E-state index in [0.29, 0.717) is 37.7 Å². The Balaban J connectivity index is 1.63. The van der Waals surface area contributed by atoms with Gasteiger partial charge in [0.15, 0.2) is 11.5 Å². The Labute approximate surface area is 141 Å². The second kappa shape index (κ2) is 6.98. The van der Waals surface area contributed by atoms with Crippen molar-refractivity contribution in [3.63, 3.8) is 0 Å². The molecule has 0 bridgehead atoms. The predicted octanol–water partition coefficient (Wildman–Crippen LogP) is 1.66. The molecule has 1 aromatic rings. The van der Waals surface area contributed by atoms with Crippen LogP contribution in [0.3, 0.4) is 0 Å². The molecule has 1 aromatic carbocycles. The van der Waals surface area contributed by atoms with Gasteiger partial charge in [-0.3, -0.25) is 4.79 Å². The van der Waals surface area contributed by atoms with Crippen LogP contribution in [0, 0.1) is 0 Å². The van der Waals surface area contributed by atoms with Crippen LogP contribution in [0.5, 0.6) is 11.5 Å². The molecular formula is C17H23N3O4. The number of carbonyl (C=O) groups is 2. The molecule has 0 saturated carbocycles. The molecular weight excluding hydrogens is 310 g/mol. The maximum atomic E-state index is 12.3. The Morgan fingerprint density at radius 3 is 2.83 bits per heavy atom. The molecule has 0 unspecified atom stereocenters. The van der Waals surface area contributed by atoms with Crippen LogP contribution < -0.4 is 25.0 Å². The Morgan fingerprint density at radius 2 is 2.08 bits per heavy atom. The lowest BCUT2D eigenvalue weighted by Crippen LogP contribution is -2.46. The Bertz CT molecular complexity index is 634. The Kier molecular flexibility index (Phi) is 4.78. The van der Waals surface area contributed by atoms with Gasteiger partial charge in [0.25, 0.3) is 0 Å². The van der Waals surface area contributed by atoms with E-state index in [9.17, 15) is 9.59 Å². The first-order valence-corrected chi connectivity index (χ1v) is 8.34. The lowest BCUT2D eigenvalue weighted by Gasteiger charge is -2.22. The minimum absolute atomic E-state index is 0.0134. The van der Waals surface area contributed by atoms with E-state index >= 15 is 0 Å². The van der Waals surface area contributed by atoms with Gasteiger partial charge in [0, 0.05) is 30.8 Å². The molecule has 130 valence electrons. The lowest BCUT2D eigenvalue weighted by molar-refractivity contribution is -0.117. The zero-order valence-electron chi connectivity index (χ0n) is 14.0. The van der Waals surface area contributed by atoms with Crippen molar-refractivity contribution in [3.8, 4) is 11.5 Å². The Morgan fingerprint density at radius 1 is 1.33 bits per heavy atom. The van der Waals surface area contributed by atoms with E-state index in [1.807, 2.05) is 32.0 Å². The number of hydrogen-bond donors (Lipinski definition) is 2. The first-order valence-electron chi connectivity index (χ1n) is 8.34. The number of nitrogens with zero attached hydrogens (tertiary/aromatic N) is 1. The summed E-state index contributed by atoms with van der Waals surface area (Å²) in [5.74, 6) is 1.33. The van der Waals surface area contributed by atoms with Crippen molar-refractivity contribution in [2.24, 2.45) is 0 Å². The quantitative estimate of drug-likeness (QED) is 0.878. The largest absolute Gasteiger partial charge is 0.486 e. The normalized spacial score (nSPS) is 20.7. The van der Waals surface area contributed by atoms with E-state index in [2.05, 4.69) is 10.6 Å². The zero-order valence-corrected chi connectivity index (χ0v) is 14.0. The van der Waals surface area contributed by atoms with Crippen LogP contribution in [-0.2, 0) is 4.79 Å². The summed E-state index contributed by atoms with van der Waals surface area (Å²) in [5.41, 5.74) is 0.760. The molecule has 0 spiro atoms. The topological polar surface area (TPSA) is 79.9 Å². The highest BCUT2D eigenvalue weighted by Gasteiger charge is 2.32. The van der Waals surface area contributed by atoms with Gasteiger partial charge in [0.2, 0.25) is 5.91 Å². The number of benzene rings is 1. The van der Waals surface area contributed by atoms with Crippen LogP contribution in [0.1, 0.15) is 26.7 Å². The van der Waals surface area contributed by atoms with E-state index in [1.54, 1.807) is 4.90 Å². The number of urea groups is 1. The van der Waals surface area contributed by atoms with Gasteiger partial charge in [0.1, 0.15) is 13.2 Å². The van der Waals surface area contributed by atoms with Gasteiger partial charge in [-0.25, -0.2) is 4.79 Å². The van der Waals surface area contributed by atoms with Crippen molar-refractivity contribution in [1.29, 1.82) is 0 Å². The zero-order chi connectivity index (χ0) is 17.1. The summed E-state index contributed by atoms with van der Waals surface area (Å²) < 4.78 is 11.1. The monoisotopic (exact) mass is 333 g/mol. The van der Waals surface area contributed by atoms with Crippen molar-refractivity contribution < 1.29 is 19.1 Å². The van der Waals surface area contributed by atoms with Crippen LogP contribution in [0.15, 0.2) is 18.2 Å². The molecule has 0 aromatic heterocycles. The molecule has 2 aliphatic heterocycles. The van der Waals surface area contributed by atoms with E-state index < -0.39 is 0 Å². The number of carbonyl (C=O) groups excluding carboxylic acids is 2. The summed E-state index contributed by atoms with van der Waals surface area (Å²) in [6.45, 7) is 5.44. The van der Waals surface area contributed by atoms with Crippen molar-refractivity contribution in [2.45, 2.75) is 38.8 Å². The number of anilines is 1. The number of ether oxygens (including phenoxy) is 2. The maximum Gasteiger partial charge on any atom is 0.315 e. The number of amides is 3. The number of nitrogens with one attached hydrogen (secondary N) is 2. The average Bonchev–Trinajstić information content (AvgIpc) is 2.94. The molecule has 3 amide bonds. The number of rotatable bonds is 4. The van der Waals surface area contributed by atoms with Gasteiger partial charge >= 0.3 is 6.03 Å². The average molecular weight is 333 g/mol. The highest BCUT2D eigenvalue weighted by Crippen LogP contribution is 2.35. The van der Waals surface area contributed by atoms with E-state index in [1.165, 1.54) is 0 Å². The fourth-order valence-electron chi connectivity index (χ4n) is 2.81. The van der Waals surface area contributed by atoms with E-state index in [-0.39, 0.29) is 24.0 Å². The molecule has 0 radical (unpaired) electrons. The van der Waals surface area contributed by atoms with Crippen LogP contribution in [-0.4, -0.2) is 43.8 Å². The van der Waals surface area contributed by atoms with Crippen LogP contribution in [0.25, 0.3) is 0 Å². The van der Waals surface area contributed by atoms with E-state index in [0.717, 1.165) is 12.1 Å². The van der Waals surface area contributed by atoms with Crippen LogP contribution >= 0.6 is 0 Å². The molecule has 7 heteroatoms. The molecule has 3 rings (SSSR count). The first-order chi connectivity index (χ1) is 11.6. The van der Waals surface area contributed by atoms with Crippen molar-refractivity contribution >= 4 is 17.6 Å². The van der Waals surface area contributed by atoms with Gasteiger partial charge in [-0.15, -0.1) is 0 Å². The van der Waals surface area contributed by atoms with Gasteiger partial charge in [0.05, 0.1) is 6.04 Å². The third kappa shape index (κ3) is 3.55. The second-order valence-corrected chi connectivity index (χ2v) is 6.16. The molecule has 1 saturated heterocycles. The van der Waals surface area contributed by atoms with Crippen LogP contribution in [0.4, 0.5) is 10.5 Å². The summed E-state index contributed by atoms with van der Waals surface area (Å²) in [4.78, 5) is 25.9. The lowest BCUT2D eigenvalue weighted by atomic mass is 10.2. The molecule has 0 aliphatic carbocycles. The summed E-state index contributed by atoms with van der Waals surface area (Å²) in [5, 5.41) is 5.72. The third-order valence-corrected chi connectivity index (χ3v) is 4.29. The molecule has 1 fully saturated rings. The van der Waals surface area contributed by atoms with Crippen molar-refractivity contribution in [2.75, 3.05) is 24.7 Å². The highest BCUT2D eigenvalue weighted by atomic mass is 16.6. The van der Waals surface area contributed by atoms with Crippen molar-refractivity contribution in [3.05, 3.63) is 18.2 Å². The molecule has 2 aliphatic rings. The van der Waals surface area contributed by atoms with Gasteiger partial charge in [-0.2, -0.15) is 0 Å². The number of hydrogen-bond acceptors (Lipinski definition) is 4. The standard InChI is InChI=1S/C17H23N3O4/c1-3-11(2)18-17(22)19-12-8-16(21)20(10-12)13-4-5-14-15(9-13)24-7-6-23-14/h4-5,9,11-12H,3,6-8,10H2,1-2H3,(H2,18,19,22)/t11-,12+/m0/s1. The third-order valence-electron chi connectivity index (χ3n) is 4.29. The second-order valence-electron chi connectivity index (χ2n) is 6.16. The summed E-state index contributed by atoms with van der Waals surface area (Å²) in [6, 6.07) is 5.14. The van der Waals surface area contributed by atoms with Crippen molar-refractivity contribution in [1.82, 2.24) is 10.6 Å². The molecule has 2 heterocycles. The first kappa shape index (κ1) is 16.4. The van der Waals surface area contributed by atoms with Crippen LogP contribution in [0.2, 0.25) is 0 Å². The predicted molar refractivity (Wildman–Crippen MR) is 89.6 cm³/mol. The fraction of sp³-hybridized carbons (Fsp3) is 0.529. The van der Waals surface area contributed by atoms with E-state index in [4.69, 9.17) is 9.47 Å². The van der Waals surface area contributed by atoms with Gasteiger partial charge in [-0.1, -0.05) is 6.92 Å². The van der Waals surface area contributed by atoms with Gasteiger partial charge < -0.3 is 25.0 Å². The fourth-order valence-corrected chi connectivity index (χ4v) is 2.81. The highest BCUT2D eigenvalue weighted by molar-refractivity contribution is 5.97. The smallest absolute Gasteiger partial charge is 0.315 e. The summed E-state index contributed by atoms with van der Waals surface area (Å²) in [6.07, 6.45) is 1.16. The molecule has 7 nitrogen and oxygen atoms in total. The summed E-state index contributed by atoms with van der Waals surface area (Å²) >= 11 is 0. The molecule has 2 N–H and O–H groups in total. The number of fused-ring (bicyclic) bond motifs is 1. The Hall–Kier alpha value is -2.44. The minimum Gasteiger partial charge on any atom is -0.486 e. The minimum atomic E-state index is -0.230. The molecule has 24 heavy (non-hydrogen) atoms. The maximum absolute atomic E-state index is 12.3. The SMILES string of the molecule is CC[C@H](C)NC(=O)N[C@@H]1CC(=O)N(c2ccc3c(c2)OCCO3)C1.